The minimum absolute atomic E-state index is 0.0125. The predicted octanol–water partition coefficient (Wildman–Crippen LogP) is 2.50. The average Bonchev–Trinajstić information content (AvgIpc) is 3.06. The molecule has 8 nitrogen and oxygen atoms in total. The zero-order chi connectivity index (χ0) is 24.9. The van der Waals surface area contributed by atoms with Gasteiger partial charge in [-0.2, -0.15) is 0 Å². The summed E-state index contributed by atoms with van der Waals surface area (Å²) in [6.07, 6.45) is 1.01. The molecule has 0 fully saturated rings. The molecule has 2 atom stereocenters. The quantitative estimate of drug-likeness (QED) is 0.643. The van der Waals surface area contributed by atoms with E-state index in [9.17, 15) is 33.1 Å². The first-order valence-electron chi connectivity index (χ1n) is 10.2. The zero-order valence-electron chi connectivity index (χ0n) is 18.3. The van der Waals surface area contributed by atoms with Gasteiger partial charge in [0.25, 0.3) is 5.91 Å². The van der Waals surface area contributed by atoms with Crippen LogP contribution in [0, 0.1) is 17.6 Å². The molecule has 0 aromatic heterocycles. The second kappa shape index (κ2) is 8.05. The van der Waals surface area contributed by atoms with Crippen LogP contribution in [0.15, 0.2) is 36.1 Å². The summed E-state index contributed by atoms with van der Waals surface area (Å²) >= 11 is 0. The Hall–Kier alpha value is -4.08. The van der Waals surface area contributed by atoms with Crippen molar-refractivity contribution in [1.29, 1.82) is 0 Å². The molecule has 0 saturated carbocycles. The smallest absolute Gasteiger partial charge is 0.259 e. The molecule has 0 spiro atoms. The number of hydrogen-bond acceptors (Lipinski definition) is 7. The van der Waals surface area contributed by atoms with Crippen LogP contribution in [0.3, 0.4) is 0 Å². The van der Waals surface area contributed by atoms with E-state index in [-0.39, 0.29) is 40.5 Å². The third kappa shape index (κ3) is 3.33. The topological polar surface area (TPSA) is 119 Å². The van der Waals surface area contributed by atoms with Gasteiger partial charge in [-0.3, -0.25) is 19.2 Å². The molecule has 1 aliphatic carbocycles. The number of amides is 1. The van der Waals surface area contributed by atoms with Crippen LogP contribution < -0.4 is 14.8 Å². The number of allylic oxidation sites excluding steroid dienone is 2. The van der Waals surface area contributed by atoms with Crippen LogP contribution in [0.1, 0.15) is 35.3 Å². The maximum absolute atomic E-state index is 14.0. The van der Waals surface area contributed by atoms with Crippen molar-refractivity contribution in [2.24, 2.45) is 5.92 Å². The first-order chi connectivity index (χ1) is 16.0. The van der Waals surface area contributed by atoms with Crippen LogP contribution in [0.25, 0.3) is 0 Å². The second-order valence-electron chi connectivity index (χ2n) is 8.14. The van der Waals surface area contributed by atoms with Crippen molar-refractivity contribution in [3.63, 3.8) is 0 Å². The lowest BCUT2D eigenvalue weighted by Crippen LogP contribution is -2.47. The molecule has 1 unspecified atom stereocenters. The lowest BCUT2D eigenvalue weighted by molar-refractivity contribution is -0.140. The number of carbonyl (C=O) groups is 4. The van der Waals surface area contributed by atoms with E-state index >= 15 is 0 Å². The Bertz CT molecular complexity index is 1320. The lowest BCUT2D eigenvalue weighted by Gasteiger charge is -2.30. The number of Topliss-reactive ketones (excluding diaryl/α,β-unsaturated/α-hetero) is 2. The van der Waals surface area contributed by atoms with Crippen molar-refractivity contribution in [2.45, 2.75) is 25.8 Å². The van der Waals surface area contributed by atoms with Crippen LogP contribution in [0.4, 0.5) is 8.78 Å². The van der Waals surface area contributed by atoms with Gasteiger partial charge in [-0.25, -0.2) is 8.78 Å². The molecule has 1 amide bonds. The third-order valence-corrected chi connectivity index (χ3v) is 6.05. The maximum atomic E-state index is 14.0. The van der Waals surface area contributed by atoms with E-state index in [0.29, 0.717) is 6.07 Å². The number of phenols is 1. The van der Waals surface area contributed by atoms with Crippen LogP contribution in [0.2, 0.25) is 0 Å². The molecule has 0 radical (unpaired) electrons. The second-order valence-corrected chi connectivity index (χ2v) is 8.14. The monoisotopic (exact) mass is 471 g/mol. The van der Waals surface area contributed by atoms with Crippen LogP contribution in [0.5, 0.6) is 17.2 Å². The van der Waals surface area contributed by atoms with Gasteiger partial charge < -0.3 is 19.9 Å². The number of aromatic hydroxyl groups is 1. The number of nitrogens with one attached hydrogen (secondary N) is 1. The largest absolute Gasteiger partial charge is 0.507 e. The number of phenolic OH excluding ortho intramolecular Hbond substituents is 1. The fourth-order valence-electron chi connectivity index (χ4n) is 4.28. The predicted molar refractivity (Wildman–Crippen MR) is 112 cm³/mol. The van der Waals surface area contributed by atoms with Crippen LogP contribution in [-0.2, 0) is 26.3 Å². The Balaban J connectivity index is 1.80. The summed E-state index contributed by atoms with van der Waals surface area (Å²) in [4.78, 5) is 50.7. The maximum Gasteiger partial charge on any atom is 0.259 e. The number of carbonyl (C=O) groups excluding carboxylic acids is 4. The molecule has 2 aromatic rings. The van der Waals surface area contributed by atoms with E-state index in [1.807, 2.05) is 0 Å². The minimum atomic E-state index is -1.70. The molecule has 0 bridgehead atoms. The Morgan fingerprint density at radius 3 is 2.56 bits per heavy atom. The Kier molecular flexibility index (Phi) is 5.47. The Labute approximate surface area is 192 Å². The Morgan fingerprint density at radius 2 is 1.94 bits per heavy atom. The Morgan fingerprint density at radius 1 is 1.24 bits per heavy atom. The van der Waals surface area contributed by atoms with Gasteiger partial charge in [0.2, 0.25) is 0 Å². The number of methoxy groups -OCH3 is 1. The summed E-state index contributed by atoms with van der Waals surface area (Å²) in [5, 5.41) is 13.2. The fraction of sp³-hybridized carbons (Fsp3) is 0.250. The molecule has 34 heavy (non-hydrogen) atoms. The van der Waals surface area contributed by atoms with Gasteiger partial charge >= 0.3 is 0 Å². The van der Waals surface area contributed by atoms with Gasteiger partial charge in [0.15, 0.2) is 17.3 Å². The van der Waals surface area contributed by atoms with E-state index in [4.69, 9.17) is 9.47 Å². The van der Waals surface area contributed by atoms with E-state index in [1.54, 1.807) is 0 Å². The summed E-state index contributed by atoms with van der Waals surface area (Å²) in [5.41, 5.74) is -2.00. The van der Waals surface area contributed by atoms with Crippen molar-refractivity contribution < 1.29 is 42.5 Å². The molecular weight excluding hydrogens is 452 g/mol. The van der Waals surface area contributed by atoms with E-state index in [2.05, 4.69) is 5.32 Å². The summed E-state index contributed by atoms with van der Waals surface area (Å²) in [5.74, 6) is -7.14. The lowest BCUT2D eigenvalue weighted by atomic mass is 9.67. The van der Waals surface area contributed by atoms with E-state index in [1.165, 1.54) is 20.1 Å². The van der Waals surface area contributed by atoms with Gasteiger partial charge in [0, 0.05) is 30.3 Å². The molecule has 1 aliphatic heterocycles. The molecule has 10 heteroatoms. The molecule has 0 saturated heterocycles. The van der Waals surface area contributed by atoms with E-state index < -0.39 is 52.0 Å². The third-order valence-electron chi connectivity index (χ3n) is 6.05. The highest BCUT2D eigenvalue weighted by molar-refractivity contribution is 6.27. The number of halogens is 2. The van der Waals surface area contributed by atoms with Crippen molar-refractivity contribution in [3.8, 4) is 17.2 Å². The van der Waals surface area contributed by atoms with E-state index in [0.717, 1.165) is 25.1 Å². The highest BCUT2D eigenvalue weighted by atomic mass is 19.1. The summed E-state index contributed by atoms with van der Waals surface area (Å²) in [6, 6.07) is 4.00. The van der Waals surface area contributed by atoms with Crippen LogP contribution >= 0.6 is 0 Å². The van der Waals surface area contributed by atoms with Gasteiger partial charge in [0.1, 0.15) is 51.6 Å². The van der Waals surface area contributed by atoms with Gasteiger partial charge in [0.05, 0.1) is 12.7 Å². The highest BCUT2D eigenvalue weighted by Crippen LogP contribution is 2.56. The first kappa shape index (κ1) is 23.1. The van der Waals surface area contributed by atoms with Crippen molar-refractivity contribution in [2.75, 3.05) is 7.11 Å². The van der Waals surface area contributed by atoms with Gasteiger partial charge in [-0.05, 0) is 19.9 Å². The summed E-state index contributed by atoms with van der Waals surface area (Å²) < 4.78 is 38.1. The number of fused-ring (bicyclic) bond motifs is 3. The molecule has 1 heterocycles. The minimum Gasteiger partial charge on any atom is -0.507 e. The molecule has 176 valence electrons. The van der Waals surface area contributed by atoms with Gasteiger partial charge in [-0.15, -0.1) is 0 Å². The first-order valence-corrected chi connectivity index (χ1v) is 10.2. The van der Waals surface area contributed by atoms with Crippen LogP contribution in [-0.4, -0.2) is 35.5 Å². The highest BCUT2D eigenvalue weighted by Gasteiger charge is 2.58. The molecule has 2 N–H and O–H groups in total. The number of benzene rings is 2. The summed E-state index contributed by atoms with van der Waals surface area (Å²) in [6.45, 7) is 2.19. The van der Waals surface area contributed by atoms with Crippen molar-refractivity contribution >= 4 is 23.3 Å². The number of ether oxygens (including phenoxy) is 2. The standard InChI is InChI=1S/C24H19F2NO7/c1-10(28)18-14(29)8-17-24(2,22(18)31)20-15(30)7-16(33-3)19(21(20)34-17)23(32)27-9-11-4-5-12(25)6-13(11)26/h4-8,18,30H,9H2,1-3H3,(H,27,32)/t18?,24-/m1/s1. The molecule has 2 aliphatic rings. The number of ketones is 3. The van der Waals surface area contributed by atoms with Gasteiger partial charge in [-0.1, -0.05) is 6.07 Å². The molecule has 4 rings (SSSR count). The summed E-state index contributed by atoms with van der Waals surface area (Å²) in [7, 11) is 1.24. The number of hydrogen-bond donors (Lipinski definition) is 2. The van der Waals surface area contributed by atoms with Crippen molar-refractivity contribution in [1.82, 2.24) is 5.32 Å². The SMILES string of the molecule is COc1cc(O)c2c(c1C(=O)NCc1ccc(F)cc1F)OC1=CC(=O)C(C(C)=O)C(=O)[C@]12C. The fourth-order valence-corrected chi connectivity index (χ4v) is 4.28. The normalized spacial score (nSPS) is 20.7. The molecule has 2 aromatic carbocycles. The average molecular weight is 471 g/mol. The molecular formula is C24H19F2NO7. The zero-order valence-corrected chi connectivity index (χ0v) is 18.3. The number of rotatable bonds is 5. The van der Waals surface area contributed by atoms with Crippen molar-refractivity contribution in [3.05, 3.63) is 64.4 Å².